The Kier molecular flexibility index (Phi) is 1.80. The van der Waals surface area contributed by atoms with E-state index in [-0.39, 0.29) is 5.78 Å². The Morgan fingerprint density at radius 2 is 2.00 bits per heavy atom. The number of nitrogens with zero attached hydrogens (tertiary/aromatic N) is 1. The van der Waals surface area contributed by atoms with Gasteiger partial charge in [-0.2, -0.15) is 4.99 Å². The number of Topliss-reactive ketones (excluding diaryl/α,β-unsaturated/α-hetero) is 1. The molecule has 0 saturated heterocycles. The second-order valence-corrected chi connectivity index (χ2v) is 3.05. The average molecular weight is 173 g/mol. The van der Waals surface area contributed by atoms with E-state index in [1.165, 1.54) is 6.08 Å². The molecule has 1 aliphatic rings. The molecule has 13 heavy (non-hydrogen) atoms. The molecule has 0 fully saturated rings. The van der Waals surface area contributed by atoms with Crippen LogP contribution in [0, 0.1) is 0 Å². The molecule has 3 heteroatoms. The fourth-order valence-corrected chi connectivity index (χ4v) is 1.56. The number of rotatable bonds is 1. The van der Waals surface area contributed by atoms with Crippen LogP contribution in [0.5, 0.6) is 0 Å². The van der Waals surface area contributed by atoms with Gasteiger partial charge in [-0.1, -0.05) is 6.07 Å². The van der Waals surface area contributed by atoms with Crippen LogP contribution < -0.4 is 0 Å². The van der Waals surface area contributed by atoms with Gasteiger partial charge in [-0.3, -0.25) is 4.79 Å². The first kappa shape index (κ1) is 7.90. The van der Waals surface area contributed by atoms with Crippen molar-refractivity contribution in [3.05, 3.63) is 29.3 Å². The van der Waals surface area contributed by atoms with Crippen molar-refractivity contribution in [3.63, 3.8) is 0 Å². The summed E-state index contributed by atoms with van der Waals surface area (Å²) in [6.45, 7) is 0. The minimum Gasteiger partial charge on any atom is -0.299 e. The molecule has 0 N–H and O–H groups in total. The molecule has 2 rings (SSSR count). The first-order valence-corrected chi connectivity index (χ1v) is 4.01. The standard InChI is InChI=1S/C10H7NO2/c12-6-11-9-2-1-7-4-10(13)5-8(7)3-9/h1-3H,4-5H2. The molecule has 0 atom stereocenters. The highest BCUT2D eigenvalue weighted by Gasteiger charge is 2.17. The van der Waals surface area contributed by atoms with E-state index >= 15 is 0 Å². The molecule has 0 unspecified atom stereocenters. The highest BCUT2D eigenvalue weighted by molar-refractivity contribution is 5.88. The van der Waals surface area contributed by atoms with Crippen LogP contribution in [0.25, 0.3) is 0 Å². The Morgan fingerprint density at radius 1 is 1.23 bits per heavy atom. The zero-order chi connectivity index (χ0) is 9.26. The van der Waals surface area contributed by atoms with Crippen LogP contribution in [0.4, 0.5) is 5.69 Å². The SMILES string of the molecule is O=C=Nc1ccc2c(c1)CC(=O)C2. The third-order valence-electron chi connectivity index (χ3n) is 2.14. The van der Waals surface area contributed by atoms with E-state index in [1.54, 1.807) is 12.1 Å². The van der Waals surface area contributed by atoms with Crippen molar-refractivity contribution in [2.24, 2.45) is 4.99 Å². The van der Waals surface area contributed by atoms with Gasteiger partial charge in [0.05, 0.1) is 5.69 Å². The van der Waals surface area contributed by atoms with Gasteiger partial charge >= 0.3 is 0 Å². The maximum absolute atomic E-state index is 11.1. The quantitative estimate of drug-likeness (QED) is 0.475. The predicted octanol–water partition coefficient (Wildman–Crippen LogP) is 1.32. The number of ketones is 1. The third-order valence-corrected chi connectivity index (χ3v) is 2.14. The first-order chi connectivity index (χ1) is 6.29. The number of isocyanates is 1. The van der Waals surface area contributed by atoms with Crippen molar-refractivity contribution < 1.29 is 9.59 Å². The minimum absolute atomic E-state index is 0.224. The number of carbonyl (C=O) groups excluding carboxylic acids is 2. The molecule has 0 heterocycles. The molecule has 3 nitrogen and oxygen atoms in total. The van der Waals surface area contributed by atoms with Gasteiger partial charge in [0.1, 0.15) is 5.78 Å². The number of benzene rings is 1. The largest absolute Gasteiger partial charge is 0.299 e. The molecule has 0 aromatic heterocycles. The smallest absolute Gasteiger partial charge is 0.240 e. The van der Waals surface area contributed by atoms with Crippen molar-refractivity contribution in [2.75, 3.05) is 0 Å². The van der Waals surface area contributed by atoms with Gasteiger partial charge < -0.3 is 0 Å². The summed E-state index contributed by atoms with van der Waals surface area (Å²) in [5.41, 5.74) is 2.61. The first-order valence-electron chi connectivity index (χ1n) is 4.01. The summed E-state index contributed by atoms with van der Waals surface area (Å²) in [7, 11) is 0. The Balaban J connectivity index is 2.45. The highest BCUT2D eigenvalue weighted by atomic mass is 16.1. The Labute approximate surface area is 75.1 Å². The normalized spacial score (nSPS) is 13.7. The van der Waals surface area contributed by atoms with Gasteiger partial charge in [0.15, 0.2) is 0 Å². The second kappa shape index (κ2) is 2.96. The average Bonchev–Trinajstić information content (AvgIpc) is 2.44. The molecule has 0 spiro atoms. The maximum Gasteiger partial charge on any atom is 0.240 e. The highest BCUT2D eigenvalue weighted by Crippen LogP contribution is 2.24. The van der Waals surface area contributed by atoms with Gasteiger partial charge in [0.2, 0.25) is 6.08 Å². The lowest BCUT2D eigenvalue weighted by Gasteiger charge is -1.96. The van der Waals surface area contributed by atoms with E-state index in [0.717, 1.165) is 11.1 Å². The van der Waals surface area contributed by atoms with E-state index in [9.17, 15) is 9.59 Å². The van der Waals surface area contributed by atoms with Crippen molar-refractivity contribution in [1.82, 2.24) is 0 Å². The van der Waals surface area contributed by atoms with E-state index in [1.807, 2.05) is 6.07 Å². The zero-order valence-electron chi connectivity index (χ0n) is 6.91. The van der Waals surface area contributed by atoms with Crippen molar-refractivity contribution in [3.8, 4) is 0 Å². The summed E-state index contributed by atoms with van der Waals surface area (Å²) in [5.74, 6) is 0.224. The lowest BCUT2D eigenvalue weighted by molar-refractivity contribution is -0.117. The topological polar surface area (TPSA) is 46.5 Å². The summed E-state index contributed by atoms with van der Waals surface area (Å²) in [4.78, 5) is 24.5. The number of carbonyl (C=O) groups is 1. The summed E-state index contributed by atoms with van der Waals surface area (Å²) >= 11 is 0. The van der Waals surface area contributed by atoms with E-state index < -0.39 is 0 Å². The Bertz CT molecular complexity index is 417. The van der Waals surface area contributed by atoms with Gasteiger partial charge in [-0.15, -0.1) is 0 Å². The number of hydrogen-bond acceptors (Lipinski definition) is 3. The molecule has 0 amide bonds. The molecule has 0 bridgehead atoms. The molecule has 64 valence electrons. The molecule has 0 aliphatic heterocycles. The molecule has 1 aliphatic carbocycles. The second-order valence-electron chi connectivity index (χ2n) is 3.05. The fraction of sp³-hybridized carbons (Fsp3) is 0.200. The maximum atomic E-state index is 11.1. The van der Waals surface area contributed by atoms with Crippen LogP contribution in [-0.4, -0.2) is 11.9 Å². The van der Waals surface area contributed by atoms with Gasteiger partial charge in [0.25, 0.3) is 0 Å². The summed E-state index contributed by atoms with van der Waals surface area (Å²) in [6.07, 6.45) is 2.46. The molecule has 1 aromatic carbocycles. The van der Waals surface area contributed by atoms with Crippen molar-refractivity contribution in [1.29, 1.82) is 0 Å². The van der Waals surface area contributed by atoms with Crippen LogP contribution >= 0.6 is 0 Å². The van der Waals surface area contributed by atoms with Gasteiger partial charge in [-0.05, 0) is 23.3 Å². The van der Waals surface area contributed by atoms with Crippen LogP contribution in [0.1, 0.15) is 11.1 Å². The van der Waals surface area contributed by atoms with E-state index in [4.69, 9.17) is 0 Å². The molecule has 0 saturated carbocycles. The van der Waals surface area contributed by atoms with Crippen LogP contribution in [0.15, 0.2) is 23.2 Å². The van der Waals surface area contributed by atoms with Gasteiger partial charge in [-0.25, -0.2) is 4.79 Å². The van der Waals surface area contributed by atoms with Crippen molar-refractivity contribution in [2.45, 2.75) is 12.8 Å². The number of hydrogen-bond donors (Lipinski definition) is 0. The van der Waals surface area contributed by atoms with E-state index in [2.05, 4.69) is 4.99 Å². The molecule has 1 aromatic rings. The van der Waals surface area contributed by atoms with Crippen LogP contribution in [0.2, 0.25) is 0 Å². The molecular formula is C10H7NO2. The fourth-order valence-electron chi connectivity index (χ4n) is 1.56. The predicted molar refractivity (Wildman–Crippen MR) is 46.6 cm³/mol. The lowest BCUT2D eigenvalue weighted by atomic mass is 10.1. The van der Waals surface area contributed by atoms with Crippen molar-refractivity contribution >= 4 is 17.6 Å². The Hall–Kier alpha value is -1.73. The third kappa shape index (κ3) is 1.42. The molecular weight excluding hydrogens is 166 g/mol. The zero-order valence-corrected chi connectivity index (χ0v) is 6.91. The number of fused-ring (bicyclic) bond motifs is 1. The monoisotopic (exact) mass is 173 g/mol. The summed E-state index contributed by atoms with van der Waals surface area (Å²) in [6, 6.07) is 5.34. The summed E-state index contributed by atoms with van der Waals surface area (Å²) < 4.78 is 0. The molecule has 0 radical (unpaired) electrons. The lowest BCUT2D eigenvalue weighted by Crippen LogP contribution is -1.92. The van der Waals surface area contributed by atoms with Crippen LogP contribution in [-0.2, 0) is 22.4 Å². The van der Waals surface area contributed by atoms with Crippen LogP contribution in [0.3, 0.4) is 0 Å². The minimum atomic E-state index is 0.224. The van der Waals surface area contributed by atoms with E-state index in [0.29, 0.717) is 18.5 Å². The summed E-state index contributed by atoms with van der Waals surface area (Å²) in [5, 5.41) is 0. The Morgan fingerprint density at radius 3 is 2.77 bits per heavy atom. The van der Waals surface area contributed by atoms with Gasteiger partial charge in [0, 0.05) is 12.8 Å². The number of aliphatic imine (C=N–C) groups is 1.